The third kappa shape index (κ3) is 4.09. The minimum absolute atomic E-state index is 0.241. The van der Waals surface area contributed by atoms with Gasteiger partial charge in [0, 0.05) is 32.3 Å². The van der Waals surface area contributed by atoms with Crippen LogP contribution in [-0.2, 0) is 16.8 Å². The number of amides is 1. The second-order valence-electron chi connectivity index (χ2n) is 8.64. The van der Waals surface area contributed by atoms with E-state index in [1.165, 1.54) is 24.0 Å². The van der Waals surface area contributed by atoms with Crippen LogP contribution in [0.25, 0.3) is 0 Å². The molecule has 0 N–H and O–H groups in total. The number of carbonyl (C=O) groups excluding carboxylic acids is 1. The molecule has 1 amide bonds. The van der Waals surface area contributed by atoms with Gasteiger partial charge in [-0.1, -0.05) is 30.3 Å². The number of pyridine rings is 1. The third-order valence-corrected chi connectivity index (χ3v) is 7.07. The van der Waals surface area contributed by atoms with Crippen LogP contribution in [0.4, 0.5) is 0 Å². The van der Waals surface area contributed by atoms with E-state index in [4.69, 9.17) is 0 Å². The Morgan fingerprint density at radius 1 is 1.10 bits per heavy atom. The summed E-state index contributed by atoms with van der Waals surface area (Å²) in [6.45, 7) is 8.88. The van der Waals surface area contributed by atoms with E-state index >= 15 is 0 Å². The first-order valence-electron chi connectivity index (χ1n) is 11.1. The largest absolute Gasteiger partial charge is 0.343 e. The normalized spacial score (nSPS) is 20.6. The van der Waals surface area contributed by atoms with E-state index in [9.17, 15) is 4.79 Å². The molecule has 2 aromatic rings. The molecule has 1 aromatic carbocycles. The van der Waals surface area contributed by atoms with Gasteiger partial charge >= 0.3 is 0 Å². The molecule has 4 heteroatoms. The fourth-order valence-electron chi connectivity index (χ4n) is 5.46. The first-order valence-corrected chi connectivity index (χ1v) is 11.1. The van der Waals surface area contributed by atoms with E-state index < -0.39 is 0 Å². The van der Waals surface area contributed by atoms with E-state index in [2.05, 4.69) is 60.1 Å². The number of hydrogen-bond donors (Lipinski definition) is 0. The standard InChI is InChI=1S/C25H33N3O/c1-3-28(4-2)24(29)17-20-18-25(23-11-6-5-10-22(20)23)12-15-27(16-13-25)19-21-9-7-8-14-26-21/h5-11,14,20H,3-4,12-13,15-19H2,1-2H3/t20-/m0/s1. The summed E-state index contributed by atoms with van der Waals surface area (Å²) in [4.78, 5) is 21.8. The first kappa shape index (κ1) is 20.1. The van der Waals surface area contributed by atoms with Crippen LogP contribution in [0.2, 0.25) is 0 Å². The molecule has 0 radical (unpaired) electrons. The van der Waals surface area contributed by atoms with Gasteiger partial charge in [-0.05, 0) is 80.8 Å². The highest BCUT2D eigenvalue weighted by Crippen LogP contribution is 2.52. The highest BCUT2D eigenvalue weighted by atomic mass is 16.2. The molecule has 1 spiro atoms. The van der Waals surface area contributed by atoms with Crippen LogP contribution in [-0.4, -0.2) is 46.9 Å². The molecule has 1 fully saturated rings. The summed E-state index contributed by atoms with van der Waals surface area (Å²) >= 11 is 0. The molecule has 4 rings (SSSR count). The molecule has 2 heterocycles. The molecular formula is C25H33N3O. The number of aromatic nitrogens is 1. The van der Waals surface area contributed by atoms with E-state index in [-0.39, 0.29) is 5.41 Å². The Morgan fingerprint density at radius 2 is 1.83 bits per heavy atom. The molecule has 1 saturated heterocycles. The Labute approximate surface area is 174 Å². The molecule has 4 nitrogen and oxygen atoms in total. The summed E-state index contributed by atoms with van der Waals surface area (Å²) in [5.41, 5.74) is 4.32. The van der Waals surface area contributed by atoms with E-state index in [1.54, 1.807) is 0 Å². The molecule has 0 unspecified atom stereocenters. The zero-order valence-electron chi connectivity index (χ0n) is 17.8. The second-order valence-corrected chi connectivity index (χ2v) is 8.64. The SMILES string of the molecule is CCN(CC)C(=O)C[C@H]1CC2(CCN(Cc3ccccn3)CC2)c2ccccc21. The van der Waals surface area contributed by atoms with Gasteiger partial charge in [0.25, 0.3) is 0 Å². The Morgan fingerprint density at radius 3 is 2.52 bits per heavy atom. The van der Waals surface area contributed by atoms with Crippen LogP contribution >= 0.6 is 0 Å². The van der Waals surface area contributed by atoms with Gasteiger partial charge in [-0.3, -0.25) is 14.7 Å². The quantitative estimate of drug-likeness (QED) is 0.734. The maximum absolute atomic E-state index is 12.8. The number of rotatable bonds is 6. The highest BCUT2D eigenvalue weighted by Gasteiger charge is 2.45. The Kier molecular flexibility index (Phi) is 6.00. The lowest BCUT2D eigenvalue weighted by Crippen LogP contribution is -2.41. The molecule has 2 aliphatic rings. The number of fused-ring (bicyclic) bond motifs is 2. The number of nitrogens with zero attached hydrogens (tertiary/aromatic N) is 3. The predicted octanol–water partition coefficient (Wildman–Crippen LogP) is 4.36. The zero-order valence-corrected chi connectivity index (χ0v) is 17.8. The minimum atomic E-state index is 0.241. The average Bonchev–Trinajstić information content (AvgIpc) is 3.05. The van der Waals surface area contributed by atoms with Gasteiger partial charge in [-0.25, -0.2) is 0 Å². The van der Waals surface area contributed by atoms with Gasteiger partial charge in [0.15, 0.2) is 0 Å². The van der Waals surface area contributed by atoms with E-state index in [0.717, 1.165) is 44.8 Å². The molecule has 29 heavy (non-hydrogen) atoms. The van der Waals surface area contributed by atoms with Crippen molar-refractivity contribution in [2.45, 2.75) is 57.4 Å². The van der Waals surface area contributed by atoms with Crippen LogP contribution in [0, 0.1) is 0 Å². The van der Waals surface area contributed by atoms with Crippen molar-refractivity contribution in [2.75, 3.05) is 26.2 Å². The van der Waals surface area contributed by atoms with Crippen LogP contribution < -0.4 is 0 Å². The van der Waals surface area contributed by atoms with Crippen molar-refractivity contribution in [3.63, 3.8) is 0 Å². The molecular weight excluding hydrogens is 358 g/mol. The molecule has 1 aromatic heterocycles. The molecule has 1 aliphatic carbocycles. The summed E-state index contributed by atoms with van der Waals surface area (Å²) in [6.07, 6.45) is 6.00. The van der Waals surface area contributed by atoms with Crippen molar-refractivity contribution in [3.8, 4) is 0 Å². The topological polar surface area (TPSA) is 36.4 Å². The van der Waals surface area contributed by atoms with Crippen molar-refractivity contribution in [1.82, 2.24) is 14.8 Å². The fraction of sp³-hybridized carbons (Fsp3) is 0.520. The smallest absolute Gasteiger partial charge is 0.223 e. The number of piperidine rings is 1. The predicted molar refractivity (Wildman–Crippen MR) is 117 cm³/mol. The molecule has 1 atom stereocenters. The Bertz CT molecular complexity index is 823. The van der Waals surface area contributed by atoms with Gasteiger partial charge in [-0.2, -0.15) is 0 Å². The molecule has 0 bridgehead atoms. The summed E-state index contributed by atoms with van der Waals surface area (Å²) in [6, 6.07) is 15.1. The first-order chi connectivity index (χ1) is 14.1. The van der Waals surface area contributed by atoms with E-state index in [0.29, 0.717) is 18.2 Å². The van der Waals surface area contributed by atoms with Crippen molar-refractivity contribution in [1.29, 1.82) is 0 Å². The van der Waals surface area contributed by atoms with E-state index in [1.807, 2.05) is 17.2 Å². The van der Waals surface area contributed by atoms with Gasteiger partial charge < -0.3 is 4.90 Å². The number of likely N-dealkylation sites (tertiary alicyclic amines) is 1. The summed E-state index contributed by atoms with van der Waals surface area (Å²) in [5.74, 6) is 0.668. The maximum atomic E-state index is 12.8. The monoisotopic (exact) mass is 391 g/mol. The Balaban J connectivity index is 1.47. The van der Waals surface area contributed by atoms with Crippen molar-refractivity contribution < 1.29 is 4.79 Å². The summed E-state index contributed by atoms with van der Waals surface area (Å²) in [7, 11) is 0. The average molecular weight is 392 g/mol. The lowest BCUT2D eigenvalue weighted by molar-refractivity contribution is -0.131. The lowest BCUT2D eigenvalue weighted by Gasteiger charge is -2.40. The molecule has 1 aliphatic heterocycles. The number of hydrogen-bond acceptors (Lipinski definition) is 3. The zero-order chi connectivity index (χ0) is 20.3. The third-order valence-electron chi connectivity index (χ3n) is 7.07. The van der Waals surface area contributed by atoms with Crippen molar-refractivity contribution in [2.24, 2.45) is 0 Å². The van der Waals surface area contributed by atoms with Crippen LogP contribution in [0.5, 0.6) is 0 Å². The molecule has 0 saturated carbocycles. The number of benzene rings is 1. The molecule has 154 valence electrons. The second kappa shape index (κ2) is 8.66. The minimum Gasteiger partial charge on any atom is -0.343 e. The van der Waals surface area contributed by atoms with Crippen LogP contribution in [0.15, 0.2) is 48.7 Å². The van der Waals surface area contributed by atoms with Gasteiger partial charge in [0.2, 0.25) is 5.91 Å². The Hall–Kier alpha value is -2.20. The number of carbonyl (C=O) groups is 1. The summed E-state index contributed by atoms with van der Waals surface area (Å²) < 4.78 is 0. The fourth-order valence-corrected chi connectivity index (χ4v) is 5.46. The highest BCUT2D eigenvalue weighted by molar-refractivity contribution is 5.77. The van der Waals surface area contributed by atoms with Crippen molar-refractivity contribution in [3.05, 3.63) is 65.5 Å². The van der Waals surface area contributed by atoms with Gasteiger partial charge in [0.05, 0.1) is 5.69 Å². The summed E-state index contributed by atoms with van der Waals surface area (Å²) in [5, 5.41) is 0. The lowest BCUT2D eigenvalue weighted by atomic mass is 9.73. The van der Waals surface area contributed by atoms with Gasteiger partial charge in [0.1, 0.15) is 0 Å². The van der Waals surface area contributed by atoms with Crippen LogP contribution in [0.3, 0.4) is 0 Å². The van der Waals surface area contributed by atoms with Gasteiger partial charge in [-0.15, -0.1) is 0 Å². The van der Waals surface area contributed by atoms with Crippen LogP contribution in [0.1, 0.15) is 62.3 Å². The van der Waals surface area contributed by atoms with Crippen molar-refractivity contribution >= 4 is 5.91 Å². The maximum Gasteiger partial charge on any atom is 0.223 e.